The van der Waals surface area contributed by atoms with Gasteiger partial charge in [0.2, 0.25) is 11.8 Å². The lowest BCUT2D eigenvalue weighted by Gasteiger charge is -2.28. The van der Waals surface area contributed by atoms with Crippen LogP contribution in [0.4, 0.5) is 0 Å². The Hall–Kier alpha value is -2.58. The fourth-order valence-electron chi connectivity index (χ4n) is 3.60. The molecule has 2 aliphatic heterocycles. The number of rotatable bonds is 6. The number of likely N-dealkylation sites (N-methyl/N-ethyl adjacent to an activating group) is 1. The van der Waals surface area contributed by atoms with Crippen molar-refractivity contribution in [3.8, 4) is 0 Å². The van der Waals surface area contributed by atoms with Crippen LogP contribution in [0.5, 0.6) is 0 Å². The second-order valence-corrected chi connectivity index (χ2v) is 7.15. The summed E-state index contributed by atoms with van der Waals surface area (Å²) in [5.41, 5.74) is 7.36. The topological polar surface area (TPSA) is 113 Å². The van der Waals surface area contributed by atoms with Crippen molar-refractivity contribution < 1.29 is 19.2 Å². The number of hydrogen-bond donors (Lipinski definition) is 2. The lowest BCUT2D eigenvalue weighted by Crippen LogP contribution is -2.54. The monoisotopic (exact) mass is 372 g/mol. The van der Waals surface area contributed by atoms with Gasteiger partial charge in [0, 0.05) is 25.6 Å². The maximum absolute atomic E-state index is 13.0. The highest BCUT2D eigenvalue weighted by Crippen LogP contribution is 2.30. The molecule has 2 heterocycles. The number of fused-ring (bicyclic) bond motifs is 1. The second-order valence-electron chi connectivity index (χ2n) is 7.15. The molecule has 2 atom stereocenters. The molecule has 3 N–H and O–H groups in total. The molecule has 1 aromatic carbocycles. The van der Waals surface area contributed by atoms with E-state index in [4.69, 9.17) is 5.73 Å². The van der Waals surface area contributed by atoms with Crippen LogP contribution in [0, 0.1) is 0 Å². The van der Waals surface area contributed by atoms with Crippen molar-refractivity contribution in [1.82, 2.24) is 15.1 Å². The number of imide groups is 2. The number of nitrogens with zero attached hydrogens (tertiary/aromatic N) is 2. The highest BCUT2D eigenvalue weighted by molar-refractivity contribution is 6.24. The molecule has 144 valence electrons. The van der Waals surface area contributed by atoms with Crippen molar-refractivity contribution in [3.05, 3.63) is 34.9 Å². The highest BCUT2D eigenvalue weighted by Gasteiger charge is 2.45. The van der Waals surface area contributed by atoms with Crippen LogP contribution in [0.1, 0.15) is 52.5 Å². The third-order valence-corrected chi connectivity index (χ3v) is 5.07. The van der Waals surface area contributed by atoms with Crippen LogP contribution >= 0.6 is 0 Å². The Balaban J connectivity index is 1.86. The largest absolute Gasteiger partial charge is 0.327 e. The fourth-order valence-corrected chi connectivity index (χ4v) is 3.60. The van der Waals surface area contributed by atoms with Crippen LogP contribution < -0.4 is 11.1 Å². The van der Waals surface area contributed by atoms with Gasteiger partial charge in [-0.2, -0.15) is 0 Å². The van der Waals surface area contributed by atoms with Crippen LogP contribution in [-0.2, 0) is 16.1 Å². The van der Waals surface area contributed by atoms with E-state index in [0.29, 0.717) is 24.2 Å². The third-order valence-electron chi connectivity index (χ3n) is 5.07. The molecule has 1 saturated heterocycles. The van der Waals surface area contributed by atoms with Crippen LogP contribution in [0.15, 0.2) is 18.2 Å². The summed E-state index contributed by atoms with van der Waals surface area (Å²) >= 11 is 0. The zero-order valence-corrected chi connectivity index (χ0v) is 15.5. The standard InChI is InChI=1S/C19H24N4O4/c1-3-12(20)10-22(2)9-11-5-4-6-13-16(11)19(27)23(18(13)26)14-7-8-15(24)21-17(14)25/h4-6,12,14H,3,7-10,20H2,1-2H3,(H,21,24,25). The molecule has 0 aliphatic carbocycles. The first-order valence-corrected chi connectivity index (χ1v) is 9.11. The highest BCUT2D eigenvalue weighted by atomic mass is 16.2. The summed E-state index contributed by atoms with van der Waals surface area (Å²) in [7, 11) is 1.91. The second kappa shape index (κ2) is 7.58. The molecule has 8 nitrogen and oxygen atoms in total. The van der Waals surface area contributed by atoms with Crippen molar-refractivity contribution in [2.24, 2.45) is 5.73 Å². The smallest absolute Gasteiger partial charge is 0.262 e. The predicted molar refractivity (Wildman–Crippen MR) is 97.7 cm³/mol. The Morgan fingerprint density at radius 2 is 2.00 bits per heavy atom. The van der Waals surface area contributed by atoms with Gasteiger partial charge < -0.3 is 10.6 Å². The van der Waals surface area contributed by atoms with E-state index in [1.807, 2.05) is 24.9 Å². The minimum absolute atomic E-state index is 0.0315. The minimum atomic E-state index is -0.950. The van der Waals surface area contributed by atoms with E-state index < -0.39 is 23.8 Å². The van der Waals surface area contributed by atoms with Crippen LogP contribution in [0.2, 0.25) is 0 Å². The van der Waals surface area contributed by atoms with E-state index in [2.05, 4.69) is 5.32 Å². The molecule has 4 amide bonds. The third kappa shape index (κ3) is 3.63. The molecule has 0 aromatic heterocycles. The van der Waals surface area contributed by atoms with Crippen LogP contribution in [-0.4, -0.2) is 59.1 Å². The van der Waals surface area contributed by atoms with Gasteiger partial charge in [0.05, 0.1) is 11.1 Å². The molecular weight excluding hydrogens is 348 g/mol. The number of benzene rings is 1. The van der Waals surface area contributed by atoms with Crippen molar-refractivity contribution in [3.63, 3.8) is 0 Å². The van der Waals surface area contributed by atoms with E-state index in [9.17, 15) is 19.2 Å². The Kier molecular flexibility index (Phi) is 5.38. The molecule has 1 fully saturated rings. The number of piperidine rings is 1. The zero-order valence-electron chi connectivity index (χ0n) is 15.5. The van der Waals surface area contributed by atoms with Gasteiger partial charge in [0.25, 0.3) is 11.8 Å². The molecule has 3 rings (SSSR count). The van der Waals surface area contributed by atoms with Gasteiger partial charge in [-0.25, -0.2) is 0 Å². The van der Waals surface area contributed by atoms with E-state index in [-0.39, 0.29) is 24.8 Å². The first-order valence-electron chi connectivity index (χ1n) is 9.11. The lowest BCUT2D eigenvalue weighted by molar-refractivity contribution is -0.136. The quantitative estimate of drug-likeness (QED) is 0.693. The maximum atomic E-state index is 13.0. The summed E-state index contributed by atoms with van der Waals surface area (Å²) in [6.07, 6.45) is 1.10. The Morgan fingerprint density at radius 3 is 2.67 bits per heavy atom. The molecule has 0 bridgehead atoms. The molecule has 0 radical (unpaired) electrons. The fraction of sp³-hybridized carbons (Fsp3) is 0.474. The molecule has 0 spiro atoms. The molecular formula is C19H24N4O4. The Morgan fingerprint density at radius 1 is 1.26 bits per heavy atom. The van der Waals surface area contributed by atoms with Gasteiger partial charge in [0.1, 0.15) is 6.04 Å². The summed E-state index contributed by atoms with van der Waals surface area (Å²) in [5, 5.41) is 2.20. The first kappa shape index (κ1) is 19.2. The van der Waals surface area contributed by atoms with E-state index >= 15 is 0 Å². The number of carbonyl (C=O) groups is 4. The lowest BCUT2D eigenvalue weighted by atomic mass is 10.0. The first-order chi connectivity index (χ1) is 12.8. The average Bonchev–Trinajstić information content (AvgIpc) is 2.87. The van der Waals surface area contributed by atoms with Gasteiger partial charge >= 0.3 is 0 Å². The summed E-state index contributed by atoms with van der Waals surface area (Å²) in [4.78, 5) is 52.3. The molecule has 2 unspecified atom stereocenters. The minimum Gasteiger partial charge on any atom is -0.327 e. The van der Waals surface area contributed by atoms with E-state index in [0.717, 1.165) is 16.9 Å². The SMILES string of the molecule is CCC(N)CN(C)Cc1cccc2c1C(=O)N(C1CCC(=O)NC1=O)C2=O. The summed E-state index contributed by atoms with van der Waals surface area (Å²) in [6.45, 7) is 3.15. The summed E-state index contributed by atoms with van der Waals surface area (Å²) < 4.78 is 0. The van der Waals surface area contributed by atoms with Gasteiger partial charge in [-0.1, -0.05) is 19.1 Å². The van der Waals surface area contributed by atoms with Gasteiger partial charge in [0.15, 0.2) is 0 Å². The Labute approximate surface area is 157 Å². The summed E-state index contributed by atoms with van der Waals surface area (Å²) in [6, 6.07) is 4.23. The number of amides is 4. The van der Waals surface area contributed by atoms with Gasteiger partial charge in [-0.3, -0.25) is 29.4 Å². The molecule has 0 saturated carbocycles. The average molecular weight is 372 g/mol. The summed E-state index contributed by atoms with van der Waals surface area (Å²) in [5.74, 6) is -1.96. The number of carbonyl (C=O) groups excluding carboxylic acids is 4. The molecule has 27 heavy (non-hydrogen) atoms. The van der Waals surface area contributed by atoms with Crippen molar-refractivity contribution in [1.29, 1.82) is 0 Å². The molecule has 1 aromatic rings. The van der Waals surface area contributed by atoms with Crippen LogP contribution in [0.25, 0.3) is 0 Å². The number of nitrogens with two attached hydrogens (primary N) is 1. The van der Waals surface area contributed by atoms with Gasteiger partial charge in [-0.15, -0.1) is 0 Å². The number of hydrogen-bond acceptors (Lipinski definition) is 6. The van der Waals surface area contributed by atoms with Gasteiger partial charge in [-0.05, 0) is 31.5 Å². The predicted octanol–water partition coefficient (Wildman–Crippen LogP) is 0.257. The number of nitrogens with one attached hydrogen (secondary N) is 1. The van der Waals surface area contributed by atoms with E-state index in [1.54, 1.807) is 12.1 Å². The zero-order chi connectivity index (χ0) is 19.7. The van der Waals surface area contributed by atoms with E-state index in [1.165, 1.54) is 0 Å². The van der Waals surface area contributed by atoms with Crippen molar-refractivity contribution in [2.45, 2.75) is 44.8 Å². The molecule has 8 heteroatoms. The normalized spacial score (nSPS) is 20.9. The maximum Gasteiger partial charge on any atom is 0.262 e. The van der Waals surface area contributed by atoms with Crippen molar-refractivity contribution >= 4 is 23.6 Å². The van der Waals surface area contributed by atoms with Crippen molar-refractivity contribution in [2.75, 3.05) is 13.6 Å². The van der Waals surface area contributed by atoms with Crippen LogP contribution in [0.3, 0.4) is 0 Å². The molecule has 2 aliphatic rings. The Bertz CT molecular complexity index is 807.